The van der Waals surface area contributed by atoms with Crippen molar-refractivity contribution in [3.63, 3.8) is 0 Å². The van der Waals surface area contributed by atoms with Gasteiger partial charge >= 0.3 is 6.03 Å². The van der Waals surface area contributed by atoms with Crippen LogP contribution in [0.4, 0.5) is 4.79 Å². The molecule has 2 fully saturated rings. The Kier molecular flexibility index (Phi) is 7.79. The Morgan fingerprint density at radius 1 is 1.16 bits per heavy atom. The molecule has 2 aliphatic heterocycles. The maximum absolute atomic E-state index is 12.5. The summed E-state index contributed by atoms with van der Waals surface area (Å²) in [5, 5.41) is 2.92. The van der Waals surface area contributed by atoms with Gasteiger partial charge in [0.15, 0.2) is 6.29 Å². The van der Waals surface area contributed by atoms with E-state index in [1.165, 1.54) is 0 Å². The monoisotopic (exact) mass is 441 g/mol. The number of piperidine rings is 1. The minimum absolute atomic E-state index is 0.0950. The second-order valence-electron chi connectivity index (χ2n) is 8.21. The second kappa shape index (κ2) is 11.2. The molecule has 2 unspecified atom stereocenters. The standard InChI is InChI=1S/C24H31N3O5/c28-23(26-32-22-8-4-5-14-31-22)19-9-10-20-17-27(13-11-18(20)16-19)24(29)25-12-15-30-21-6-2-1-3-7-21/h1-3,6-7,10,16,19,22H,4-5,8-9,11-15,17H2,(H,25,29)(H,26,28). The number of benzene rings is 1. The highest BCUT2D eigenvalue weighted by Gasteiger charge is 2.28. The number of para-hydroxylation sites is 1. The summed E-state index contributed by atoms with van der Waals surface area (Å²) < 4.78 is 11.1. The quantitative estimate of drug-likeness (QED) is 0.502. The summed E-state index contributed by atoms with van der Waals surface area (Å²) in [5.74, 6) is 0.380. The lowest BCUT2D eigenvalue weighted by Gasteiger charge is -2.33. The van der Waals surface area contributed by atoms with Gasteiger partial charge in [-0.1, -0.05) is 30.4 Å². The average Bonchev–Trinajstić information content (AvgIpc) is 2.85. The number of nitrogens with one attached hydrogen (secondary N) is 2. The molecule has 2 heterocycles. The fraction of sp³-hybridized carbons (Fsp3) is 0.500. The van der Waals surface area contributed by atoms with Crippen LogP contribution in [0.25, 0.3) is 0 Å². The van der Waals surface area contributed by atoms with Crippen molar-refractivity contribution < 1.29 is 23.9 Å². The first kappa shape index (κ1) is 22.4. The second-order valence-corrected chi connectivity index (χ2v) is 8.21. The van der Waals surface area contributed by atoms with Gasteiger partial charge in [0.05, 0.1) is 12.5 Å². The number of fused-ring (bicyclic) bond motifs is 1. The van der Waals surface area contributed by atoms with Crippen LogP contribution in [0.15, 0.2) is 53.6 Å². The predicted molar refractivity (Wildman–Crippen MR) is 119 cm³/mol. The van der Waals surface area contributed by atoms with Crippen molar-refractivity contribution in [2.45, 2.75) is 38.4 Å². The van der Waals surface area contributed by atoms with Crippen LogP contribution >= 0.6 is 0 Å². The highest BCUT2D eigenvalue weighted by atomic mass is 16.8. The SMILES string of the molecule is O=C(NOC1CCCCO1)C1C=C2CCN(C(=O)NCCOc3ccccc3)CC2=CC1. The zero-order valence-electron chi connectivity index (χ0n) is 18.3. The van der Waals surface area contributed by atoms with E-state index in [0.717, 1.165) is 42.6 Å². The molecule has 2 atom stereocenters. The zero-order valence-corrected chi connectivity index (χ0v) is 18.3. The number of likely N-dealkylation sites (tertiary alicyclic amines) is 1. The van der Waals surface area contributed by atoms with Crippen molar-refractivity contribution >= 4 is 11.9 Å². The molecule has 0 saturated carbocycles. The molecule has 0 radical (unpaired) electrons. The van der Waals surface area contributed by atoms with E-state index in [1.807, 2.05) is 36.4 Å². The lowest BCUT2D eigenvalue weighted by atomic mass is 9.86. The fourth-order valence-corrected chi connectivity index (χ4v) is 4.08. The highest BCUT2D eigenvalue weighted by Crippen LogP contribution is 2.30. The van der Waals surface area contributed by atoms with E-state index in [9.17, 15) is 9.59 Å². The highest BCUT2D eigenvalue weighted by molar-refractivity contribution is 5.81. The number of ether oxygens (including phenoxy) is 2. The Labute approximate surface area is 188 Å². The van der Waals surface area contributed by atoms with E-state index in [2.05, 4.69) is 16.9 Å². The minimum atomic E-state index is -0.352. The maximum atomic E-state index is 12.5. The molecule has 1 aliphatic carbocycles. The lowest BCUT2D eigenvalue weighted by molar-refractivity contribution is -0.201. The topological polar surface area (TPSA) is 89.1 Å². The molecule has 172 valence electrons. The summed E-state index contributed by atoms with van der Waals surface area (Å²) in [5.41, 5.74) is 4.82. The molecule has 0 aromatic heterocycles. The average molecular weight is 442 g/mol. The number of allylic oxidation sites excluding steroid dienone is 1. The molecule has 1 aromatic rings. The van der Waals surface area contributed by atoms with Gasteiger partial charge in [-0.15, -0.1) is 0 Å². The number of rotatable bonds is 7. The van der Waals surface area contributed by atoms with Crippen LogP contribution in [0.2, 0.25) is 0 Å². The van der Waals surface area contributed by atoms with Crippen LogP contribution in [-0.4, -0.2) is 56.0 Å². The predicted octanol–water partition coefficient (Wildman–Crippen LogP) is 2.93. The number of amides is 3. The van der Waals surface area contributed by atoms with Gasteiger partial charge in [-0.25, -0.2) is 15.1 Å². The zero-order chi connectivity index (χ0) is 22.2. The summed E-state index contributed by atoms with van der Waals surface area (Å²) in [7, 11) is 0. The van der Waals surface area contributed by atoms with E-state index in [4.69, 9.17) is 14.3 Å². The minimum Gasteiger partial charge on any atom is -0.492 e. The summed E-state index contributed by atoms with van der Waals surface area (Å²) >= 11 is 0. The third-order valence-electron chi connectivity index (χ3n) is 5.89. The van der Waals surface area contributed by atoms with Gasteiger partial charge in [-0.05, 0) is 49.0 Å². The Morgan fingerprint density at radius 3 is 2.84 bits per heavy atom. The van der Waals surface area contributed by atoms with Crippen LogP contribution in [-0.2, 0) is 14.4 Å². The molecular weight excluding hydrogens is 410 g/mol. The molecule has 3 amide bonds. The van der Waals surface area contributed by atoms with Crippen LogP contribution in [0.3, 0.4) is 0 Å². The largest absolute Gasteiger partial charge is 0.492 e. The number of carbonyl (C=O) groups is 2. The number of urea groups is 1. The first-order valence-electron chi connectivity index (χ1n) is 11.4. The van der Waals surface area contributed by atoms with Crippen molar-refractivity contribution in [1.82, 2.24) is 15.7 Å². The van der Waals surface area contributed by atoms with E-state index < -0.39 is 0 Å². The Morgan fingerprint density at radius 2 is 2.03 bits per heavy atom. The summed E-state index contributed by atoms with van der Waals surface area (Å²) in [6.07, 6.45) is 7.93. The van der Waals surface area contributed by atoms with Crippen molar-refractivity contribution in [2.24, 2.45) is 5.92 Å². The molecular formula is C24H31N3O5. The molecule has 4 rings (SSSR count). The Hall–Kier alpha value is -2.84. The van der Waals surface area contributed by atoms with Crippen LogP contribution in [0.1, 0.15) is 32.1 Å². The summed E-state index contributed by atoms with van der Waals surface area (Å²) in [4.78, 5) is 32.2. The van der Waals surface area contributed by atoms with Crippen molar-refractivity contribution in [3.05, 3.63) is 53.6 Å². The van der Waals surface area contributed by atoms with Gasteiger partial charge in [0.1, 0.15) is 12.4 Å². The smallest absolute Gasteiger partial charge is 0.317 e. The van der Waals surface area contributed by atoms with E-state index in [0.29, 0.717) is 39.3 Å². The number of nitrogens with zero attached hydrogens (tertiary/aromatic N) is 1. The molecule has 0 bridgehead atoms. The normalized spacial score (nSPS) is 22.8. The summed E-state index contributed by atoms with van der Waals surface area (Å²) in [6.45, 7) is 2.71. The van der Waals surface area contributed by atoms with E-state index >= 15 is 0 Å². The Bertz CT molecular complexity index is 848. The molecule has 8 nitrogen and oxygen atoms in total. The Balaban J connectivity index is 1.18. The van der Waals surface area contributed by atoms with Gasteiger partial charge in [-0.2, -0.15) is 0 Å². The first-order chi connectivity index (χ1) is 15.7. The first-order valence-corrected chi connectivity index (χ1v) is 11.4. The van der Waals surface area contributed by atoms with Gasteiger partial charge in [0.25, 0.3) is 5.91 Å². The third kappa shape index (κ3) is 6.11. The van der Waals surface area contributed by atoms with Gasteiger partial charge < -0.3 is 19.7 Å². The van der Waals surface area contributed by atoms with Crippen molar-refractivity contribution in [3.8, 4) is 5.75 Å². The van der Waals surface area contributed by atoms with Crippen molar-refractivity contribution in [1.29, 1.82) is 0 Å². The maximum Gasteiger partial charge on any atom is 0.317 e. The molecule has 2 N–H and O–H groups in total. The molecule has 8 heteroatoms. The lowest BCUT2D eigenvalue weighted by Crippen LogP contribution is -2.45. The van der Waals surface area contributed by atoms with Gasteiger partial charge in [0, 0.05) is 26.1 Å². The molecule has 1 aromatic carbocycles. The van der Waals surface area contributed by atoms with E-state index in [-0.39, 0.29) is 24.1 Å². The number of hydrogen-bond acceptors (Lipinski definition) is 5. The fourth-order valence-electron chi connectivity index (χ4n) is 4.08. The van der Waals surface area contributed by atoms with Gasteiger partial charge in [-0.3, -0.25) is 4.79 Å². The third-order valence-corrected chi connectivity index (χ3v) is 5.89. The van der Waals surface area contributed by atoms with Gasteiger partial charge in [0.2, 0.25) is 0 Å². The van der Waals surface area contributed by atoms with Crippen LogP contribution in [0, 0.1) is 5.92 Å². The molecule has 0 spiro atoms. The molecule has 3 aliphatic rings. The summed E-state index contributed by atoms with van der Waals surface area (Å²) in [6, 6.07) is 9.44. The molecule has 32 heavy (non-hydrogen) atoms. The van der Waals surface area contributed by atoms with Crippen LogP contribution in [0.5, 0.6) is 5.75 Å². The van der Waals surface area contributed by atoms with Crippen molar-refractivity contribution in [2.75, 3.05) is 32.8 Å². The number of carbonyl (C=O) groups excluding carboxylic acids is 2. The van der Waals surface area contributed by atoms with Crippen LogP contribution < -0.4 is 15.5 Å². The van der Waals surface area contributed by atoms with E-state index in [1.54, 1.807) is 4.90 Å². The molecule has 2 saturated heterocycles. The number of hydroxylamine groups is 1. The number of hydrogen-bond donors (Lipinski definition) is 2.